The molecule has 0 aliphatic heterocycles. The summed E-state index contributed by atoms with van der Waals surface area (Å²) in [6, 6.07) is 13.0. The van der Waals surface area contributed by atoms with E-state index < -0.39 is 0 Å². The fraction of sp³-hybridized carbons (Fsp3) is 0.125. The zero-order chi connectivity index (χ0) is 15.7. The van der Waals surface area contributed by atoms with Gasteiger partial charge < -0.3 is 16.2 Å². The van der Waals surface area contributed by atoms with Gasteiger partial charge in [-0.1, -0.05) is 29.8 Å². The van der Waals surface area contributed by atoms with Crippen molar-refractivity contribution in [1.82, 2.24) is 9.97 Å². The normalized spacial score (nSPS) is 12.3. The number of nitrogens with zero attached hydrogens (tertiary/aromatic N) is 2. The maximum absolute atomic E-state index is 6.03. The van der Waals surface area contributed by atoms with Gasteiger partial charge in [-0.25, -0.2) is 4.98 Å². The third kappa shape index (κ3) is 2.76. The number of hydrogen-bond acceptors (Lipinski definition) is 5. The van der Waals surface area contributed by atoms with Crippen LogP contribution in [0.25, 0.3) is 10.9 Å². The van der Waals surface area contributed by atoms with Crippen LogP contribution in [0.3, 0.4) is 0 Å². The zero-order valence-corrected chi connectivity index (χ0v) is 12.7. The van der Waals surface area contributed by atoms with Gasteiger partial charge in [0.1, 0.15) is 17.7 Å². The SMILES string of the molecule is CC(Oc1cccc2nc(N)nc(N)c12)c1ccc(Cl)cc1. The molecule has 0 aliphatic rings. The monoisotopic (exact) mass is 314 g/mol. The molecule has 22 heavy (non-hydrogen) atoms. The Morgan fingerprint density at radius 3 is 2.50 bits per heavy atom. The lowest BCUT2D eigenvalue weighted by Gasteiger charge is -2.17. The van der Waals surface area contributed by atoms with Gasteiger partial charge in [-0.15, -0.1) is 0 Å². The molecule has 112 valence electrons. The molecular formula is C16H15ClN4O. The molecule has 1 aromatic heterocycles. The van der Waals surface area contributed by atoms with Crippen molar-refractivity contribution >= 4 is 34.3 Å². The van der Waals surface area contributed by atoms with Crippen molar-refractivity contribution in [3.8, 4) is 5.75 Å². The van der Waals surface area contributed by atoms with Crippen molar-refractivity contribution in [1.29, 1.82) is 0 Å². The average molecular weight is 315 g/mol. The Kier molecular flexibility index (Phi) is 3.73. The summed E-state index contributed by atoms with van der Waals surface area (Å²) < 4.78 is 6.03. The predicted octanol–water partition coefficient (Wildman–Crippen LogP) is 3.59. The molecule has 1 unspecified atom stereocenters. The summed E-state index contributed by atoms with van der Waals surface area (Å²) in [7, 11) is 0. The van der Waals surface area contributed by atoms with Crippen molar-refractivity contribution < 1.29 is 4.74 Å². The number of hydrogen-bond donors (Lipinski definition) is 2. The average Bonchev–Trinajstić information content (AvgIpc) is 2.47. The highest BCUT2D eigenvalue weighted by Gasteiger charge is 2.13. The van der Waals surface area contributed by atoms with Crippen molar-refractivity contribution in [2.24, 2.45) is 0 Å². The van der Waals surface area contributed by atoms with Crippen LogP contribution in [0, 0.1) is 0 Å². The Bertz CT molecular complexity index is 820. The van der Waals surface area contributed by atoms with Crippen molar-refractivity contribution in [2.75, 3.05) is 11.5 Å². The molecule has 3 rings (SSSR count). The number of fused-ring (bicyclic) bond motifs is 1. The molecule has 3 aromatic rings. The summed E-state index contributed by atoms with van der Waals surface area (Å²) in [4.78, 5) is 8.18. The molecule has 0 spiro atoms. The van der Waals surface area contributed by atoms with Crippen molar-refractivity contribution in [2.45, 2.75) is 13.0 Å². The van der Waals surface area contributed by atoms with E-state index in [1.807, 2.05) is 49.4 Å². The first-order valence-electron chi connectivity index (χ1n) is 6.78. The van der Waals surface area contributed by atoms with Gasteiger partial charge >= 0.3 is 0 Å². The van der Waals surface area contributed by atoms with E-state index in [2.05, 4.69) is 9.97 Å². The molecule has 0 amide bonds. The molecule has 0 saturated carbocycles. The van der Waals surface area contributed by atoms with E-state index in [-0.39, 0.29) is 12.1 Å². The molecule has 5 nitrogen and oxygen atoms in total. The minimum atomic E-state index is -0.167. The Morgan fingerprint density at radius 1 is 1.05 bits per heavy atom. The highest BCUT2D eigenvalue weighted by molar-refractivity contribution is 6.30. The van der Waals surface area contributed by atoms with Crippen LogP contribution in [0.15, 0.2) is 42.5 Å². The number of halogens is 1. The Morgan fingerprint density at radius 2 is 1.77 bits per heavy atom. The van der Waals surface area contributed by atoms with E-state index in [9.17, 15) is 0 Å². The van der Waals surface area contributed by atoms with Crippen LogP contribution in [0.1, 0.15) is 18.6 Å². The van der Waals surface area contributed by atoms with Gasteiger partial charge in [-0.05, 0) is 36.8 Å². The van der Waals surface area contributed by atoms with Crippen LogP contribution in [-0.4, -0.2) is 9.97 Å². The number of nitrogen functional groups attached to an aromatic ring is 2. The molecule has 1 atom stereocenters. The fourth-order valence-electron chi connectivity index (χ4n) is 2.29. The third-order valence-corrected chi connectivity index (χ3v) is 3.63. The second-order valence-electron chi connectivity index (χ2n) is 4.93. The quantitative estimate of drug-likeness (QED) is 0.771. The van der Waals surface area contributed by atoms with Gasteiger partial charge in [0.15, 0.2) is 0 Å². The van der Waals surface area contributed by atoms with Crippen LogP contribution in [-0.2, 0) is 0 Å². The molecule has 0 radical (unpaired) electrons. The van der Waals surface area contributed by atoms with Crippen LogP contribution < -0.4 is 16.2 Å². The Hall–Kier alpha value is -2.53. The molecule has 0 bridgehead atoms. The second-order valence-corrected chi connectivity index (χ2v) is 5.37. The maximum Gasteiger partial charge on any atom is 0.222 e. The number of ether oxygens (including phenoxy) is 1. The standard InChI is InChI=1S/C16H15ClN4O/c1-9(10-5-7-11(17)8-6-10)22-13-4-2-3-12-14(13)15(18)21-16(19)20-12/h2-9H,1H3,(H4,18,19,20,21). The first kappa shape index (κ1) is 14.4. The molecular weight excluding hydrogens is 300 g/mol. The highest BCUT2D eigenvalue weighted by atomic mass is 35.5. The van der Waals surface area contributed by atoms with Crippen LogP contribution in [0.4, 0.5) is 11.8 Å². The van der Waals surface area contributed by atoms with Crippen LogP contribution >= 0.6 is 11.6 Å². The molecule has 4 N–H and O–H groups in total. The van der Waals surface area contributed by atoms with E-state index in [0.717, 1.165) is 5.56 Å². The van der Waals surface area contributed by atoms with Crippen molar-refractivity contribution in [3.63, 3.8) is 0 Å². The first-order valence-corrected chi connectivity index (χ1v) is 7.16. The third-order valence-electron chi connectivity index (χ3n) is 3.37. The number of anilines is 2. The largest absolute Gasteiger partial charge is 0.485 e. The number of nitrogens with two attached hydrogens (primary N) is 2. The summed E-state index contributed by atoms with van der Waals surface area (Å²) in [6.45, 7) is 1.95. The minimum Gasteiger partial charge on any atom is -0.485 e. The number of benzene rings is 2. The maximum atomic E-state index is 6.03. The van der Waals surface area contributed by atoms with Gasteiger partial charge in [0, 0.05) is 5.02 Å². The summed E-state index contributed by atoms with van der Waals surface area (Å²) in [5.74, 6) is 1.08. The first-order chi connectivity index (χ1) is 10.5. The zero-order valence-electron chi connectivity index (χ0n) is 12.0. The van der Waals surface area contributed by atoms with Crippen LogP contribution in [0.2, 0.25) is 5.02 Å². The molecule has 0 saturated heterocycles. The minimum absolute atomic E-state index is 0.146. The molecule has 0 fully saturated rings. The Labute approximate surface area is 132 Å². The highest BCUT2D eigenvalue weighted by Crippen LogP contribution is 2.32. The van der Waals surface area contributed by atoms with Gasteiger partial charge in [0.05, 0.1) is 10.9 Å². The van der Waals surface area contributed by atoms with Gasteiger partial charge in [0.2, 0.25) is 5.95 Å². The topological polar surface area (TPSA) is 87.0 Å². The number of rotatable bonds is 3. The summed E-state index contributed by atoms with van der Waals surface area (Å²) in [6.07, 6.45) is -0.167. The lowest BCUT2D eigenvalue weighted by atomic mass is 10.1. The molecule has 1 heterocycles. The van der Waals surface area contributed by atoms with Gasteiger partial charge in [0.25, 0.3) is 0 Å². The van der Waals surface area contributed by atoms with Crippen molar-refractivity contribution in [3.05, 3.63) is 53.1 Å². The number of aromatic nitrogens is 2. The summed E-state index contributed by atoms with van der Waals surface area (Å²) >= 11 is 5.90. The van der Waals surface area contributed by atoms with Gasteiger partial charge in [-0.2, -0.15) is 4.98 Å². The Balaban J connectivity index is 1.98. The van der Waals surface area contributed by atoms with Gasteiger partial charge in [-0.3, -0.25) is 0 Å². The summed E-state index contributed by atoms with van der Waals surface area (Å²) in [5.41, 5.74) is 13.3. The van der Waals surface area contributed by atoms with E-state index in [4.69, 9.17) is 27.8 Å². The van der Waals surface area contributed by atoms with E-state index in [0.29, 0.717) is 27.5 Å². The fourth-order valence-corrected chi connectivity index (χ4v) is 2.41. The smallest absolute Gasteiger partial charge is 0.222 e. The lowest BCUT2D eigenvalue weighted by Crippen LogP contribution is -2.06. The predicted molar refractivity (Wildman–Crippen MR) is 88.9 cm³/mol. The lowest BCUT2D eigenvalue weighted by molar-refractivity contribution is 0.230. The van der Waals surface area contributed by atoms with E-state index in [1.54, 1.807) is 0 Å². The van der Waals surface area contributed by atoms with Crippen LogP contribution in [0.5, 0.6) is 5.75 Å². The summed E-state index contributed by atoms with van der Waals surface area (Å²) in [5, 5.41) is 1.35. The molecule has 6 heteroatoms. The molecule has 2 aromatic carbocycles. The molecule has 0 aliphatic carbocycles. The van der Waals surface area contributed by atoms with E-state index >= 15 is 0 Å². The second kappa shape index (κ2) is 5.69. The van der Waals surface area contributed by atoms with E-state index in [1.165, 1.54) is 0 Å².